The molecule has 18 heavy (non-hydrogen) atoms. The molecule has 0 aromatic heterocycles. The van der Waals surface area contributed by atoms with Gasteiger partial charge in [-0.3, -0.25) is 0 Å². The quantitative estimate of drug-likeness (QED) is 0.856. The number of rotatable bonds is 4. The highest BCUT2D eigenvalue weighted by atomic mass is 19.1. The Morgan fingerprint density at radius 3 is 2.39 bits per heavy atom. The van der Waals surface area contributed by atoms with E-state index in [4.69, 9.17) is 0 Å². The Morgan fingerprint density at radius 2 is 1.72 bits per heavy atom. The first kappa shape index (κ1) is 12.8. The Hall–Kier alpha value is -1.67. The van der Waals surface area contributed by atoms with Crippen molar-refractivity contribution >= 4 is 0 Å². The maximum atomic E-state index is 12.8. The molecule has 0 aliphatic rings. The first-order chi connectivity index (χ1) is 8.66. The predicted octanol–water partition coefficient (Wildman–Crippen LogP) is 3.98. The van der Waals surface area contributed by atoms with Crippen molar-refractivity contribution < 1.29 is 4.39 Å². The molecule has 1 nitrogen and oxygen atoms in total. The number of nitrogens with one attached hydrogen (secondary N) is 1. The van der Waals surface area contributed by atoms with E-state index in [1.165, 1.54) is 23.3 Å². The minimum Gasteiger partial charge on any atom is -0.306 e. The van der Waals surface area contributed by atoms with Gasteiger partial charge in [-0.05, 0) is 42.7 Å². The van der Waals surface area contributed by atoms with Crippen LogP contribution in [0.3, 0.4) is 0 Å². The van der Waals surface area contributed by atoms with E-state index in [2.05, 4.69) is 37.4 Å². The summed E-state index contributed by atoms with van der Waals surface area (Å²) in [6, 6.07) is 15.3. The molecule has 0 aliphatic carbocycles. The molecule has 2 heteroatoms. The van der Waals surface area contributed by atoms with E-state index in [0.29, 0.717) is 0 Å². The summed E-state index contributed by atoms with van der Waals surface area (Å²) in [4.78, 5) is 0. The van der Waals surface area contributed by atoms with E-state index in [-0.39, 0.29) is 11.9 Å². The second kappa shape index (κ2) is 5.78. The standard InChI is InChI=1S/C16H18FN/c1-12-5-3-4-6-16(12)13(2)18-11-14-7-9-15(17)10-8-14/h3-10,13,18H,11H2,1-2H3. The van der Waals surface area contributed by atoms with Gasteiger partial charge in [0, 0.05) is 12.6 Å². The molecule has 0 saturated heterocycles. The molecule has 2 rings (SSSR count). The van der Waals surface area contributed by atoms with Crippen molar-refractivity contribution in [1.82, 2.24) is 5.32 Å². The highest BCUT2D eigenvalue weighted by Gasteiger charge is 2.06. The third kappa shape index (κ3) is 3.17. The highest BCUT2D eigenvalue weighted by molar-refractivity contribution is 5.28. The summed E-state index contributed by atoms with van der Waals surface area (Å²) < 4.78 is 12.8. The van der Waals surface area contributed by atoms with Gasteiger partial charge in [0.15, 0.2) is 0 Å². The van der Waals surface area contributed by atoms with Gasteiger partial charge in [0.1, 0.15) is 5.82 Å². The molecule has 0 saturated carbocycles. The van der Waals surface area contributed by atoms with Gasteiger partial charge in [-0.25, -0.2) is 4.39 Å². The molecule has 0 radical (unpaired) electrons. The fourth-order valence-electron chi connectivity index (χ4n) is 2.06. The fourth-order valence-corrected chi connectivity index (χ4v) is 2.06. The summed E-state index contributed by atoms with van der Waals surface area (Å²) in [5.41, 5.74) is 3.69. The van der Waals surface area contributed by atoms with Crippen LogP contribution in [0.2, 0.25) is 0 Å². The Labute approximate surface area is 108 Å². The molecule has 0 spiro atoms. The van der Waals surface area contributed by atoms with Crippen LogP contribution in [0.5, 0.6) is 0 Å². The summed E-state index contributed by atoms with van der Waals surface area (Å²) in [7, 11) is 0. The predicted molar refractivity (Wildman–Crippen MR) is 72.8 cm³/mol. The van der Waals surface area contributed by atoms with Crippen LogP contribution in [0.1, 0.15) is 29.7 Å². The van der Waals surface area contributed by atoms with Crippen LogP contribution in [0.25, 0.3) is 0 Å². The number of hydrogen-bond acceptors (Lipinski definition) is 1. The highest BCUT2D eigenvalue weighted by Crippen LogP contribution is 2.17. The number of hydrogen-bond donors (Lipinski definition) is 1. The SMILES string of the molecule is Cc1ccccc1C(C)NCc1ccc(F)cc1. The van der Waals surface area contributed by atoms with Gasteiger partial charge in [0.2, 0.25) is 0 Å². The lowest BCUT2D eigenvalue weighted by Crippen LogP contribution is -2.18. The monoisotopic (exact) mass is 243 g/mol. The van der Waals surface area contributed by atoms with E-state index < -0.39 is 0 Å². The second-order valence-electron chi connectivity index (χ2n) is 4.59. The summed E-state index contributed by atoms with van der Waals surface area (Å²) in [5.74, 6) is -0.189. The zero-order valence-corrected chi connectivity index (χ0v) is 10.8. The molecule has 1 N–H and O–H groups in total. The van der Waals surface area contributed by atoms with Gasteiger partial charge in [-0.1, -0.05) is 36.4 Å². The largest absolute Gasteiger partial charge is 0.306 e. The first-order valence-electron chi connectivity index (χ1n) is 6.20. The van der Waals surface area contributed by atoms with Crippen LogP contribution < -0.4 is 5.32 Å². The first-order valence-corrected chi connectivity index (χ1v) is 6.20. The van der Waals surface area contributed by atoms with Crippen molar-refractivity contribution in [2.45, 2.75) is 26.4 Å². The third-order valence-electron chi connectivity index (χ3n) is 3.18. The number of benzene rings is 2. The Bertz CT molecular complexity index is 505. The van der Waals surface area contributed by atoms with Crippen molar-refractivity contribution in [2.24, 2.45) is 0 Å². The van der Waals surface area contributed by atoms with Crippen molar-refractivity contribution in [3.63, 3.8) is 0 Å². The van der Waals surface area contributed by atoms with Gasteiger partial charge < -0.3 is 5.32 Å². The van der Waals surface area contributed by atoms with Crippen LogP contribution in [0, 0.1) is 12.7 Å². The average molecular weight is 243 g/mol. The molecular weight excluding hydrogens is 225 g/mol. The van der Waals surface area contributed by atoms with E-state index in [1.807, 2.05) is 18.2 Å². The molecule has 0 heterocycles. The summed E-state index contributed by atoms with van der Waals surface area (Å²) >= 11 is 0. The minimum absolute atomic E-state index is 0.189. The molecule has 0 bridgehead atoms. The van der Waals surface area contributed by atoms with E-state index in [9.17, 15) is 4.39 Å². The Balaban J connectivity index is 1.98. The van der Waals surface area contributed by atoms with Crippen LogP contribution in [0.4, 0.5) is 4.39 Å². The molecular formula is C16H18FN. The van der Waals surface area contributed by atoms with Crippen LogP contribution >= 0.6 is 0 Å². The third-order valence-corrected chi connectivity index (χ3v) is 3.18. The summed E-state index contributed by atoms with van der Waals surface area (Å²) in [6.45, 7) is 5.01. The smallest absolute Gasteiger partial charge is 0.123 e. The zero-order valence-electron chi connectivity index (χ0n) is 10.8. The van der Waals surface area contributed by atoms with Crippen molar-refractivity contribution in [3.8, 4) is 0 Å². The molecule has 2 aromatic rings. The minimum atomic E-state index is -0.189. The summed E-state index contributed by atoms with van der Waals surface area (Å²) in [6.07, 6.45) is 0. The molecule has 0 aliphatic heterocycles. The molecule has 1 unspecified atom stereocenters. The molecule has 2 aromatic carbocycles. The lowest BCUT2D eigenvalue weighted by Gasteiger charge is -2.16. The normalized spacial score (nSPS) is 12.4. The zero-order chi connectivity index (χ0) is 13.0. The van der Waals surface area contributed by atoms with Gasteiger partial charge in [-0.2, -0.15) is 0 Å². The second-order valence-corrected chi connectivity index (χ2v) is 4.59. The number of aryl methyl sites for hydroxylation is 1. The van der Waals surface area contributed by atoms with E-state index in [1.54, 1.807) is 0 Å². The topological polar surface area (TPSA) is 12.0 Å². The molecule has 0 amide bonds. The van der Waals surface area contributed by atoms with E-state index in [0.717, 1.165) is 12.1 Å². The lowest BCUT2D eigenvalue weighted by atomic mass is 10.0. The average Bonchev–Trinajstić information content (AvgIpc) is 2.38. The van der Waals surface area contributed by atoms with Gasteiger partial charge in [0.25, 0.3) is 0 Å². The Morgan fingerprint density at radius 1 is 1.06 bits per heavy atom. The van der Waals surface area contributed by atoms with Crippen LogP contribution in [0.15, 0.2) is 48.5 Å². The van der Waals surface area contributed by atoms with Crippen LogP contribution in [-0.4, -0.2) is 0 Å². The van der Waals surface area contributed by atoms with Crippen molar-refractivity contribution in [1.29, 1.82) is 0 Å². The van der Waals surface area contributed by atoms with Gasteiger partial charge in [-0.15, -0.1) is 0 Å². The maximum Gasteiger partial charge on any atom is 0.123 e. The molecule has 0 fully saturated rings. The Kier molecular flexibility index (Phi) is 4.11. The van der Waals surface area contributed by atoms with Crippen molar-refractivity contribution in [2.75, 3.05) is 0 Å². The van der Waals surface area contributed by atoms with E-state index >= 15 is 0 Å². The van der Waals surface area contributed by atoms with Crippen LogP contribution in [-0.2, 0) is 6.54 Å². The molecule has 1 atom stereocenters. The lowest BCUT2D eigenvalue weighted by molar-refractivity contribution is 0.570. The molecule has 94 valence electrons. The summed E-state index contributed by atoms with van der Waals surface area (Å²) in [5, 5.41) is 3.45. The fraction of sp³-hybridized carbons (Fsp3) is 0.250. The number of halogens is 1. The maximum absolute atomic E-state index is 12.8. The van der Waals surface area contributed by atoms with Gasteiger partial charge >= 0.3 is 0 Å². The van der Waals surface area contributed by atoms with Crippen molar-refractivity contribution in [3.05, 3.63) is 71.0 Å². The van der Waals surface area contributed by atoms with Gasteiger partial charge in [0.05, 0.1) is 0 Å².